The maximum atomic E-state index is 13.3. The Hall–Kier alpha value is -3.88. The van der Waals surface area contributed by atoms with E-state index in [0.29, 0.717) is 22.4 Å². The molecule has 1 unspecified atom stereocenters. The molecule has 0 saturated heterocycles. The van der Waals surface area contributed by atoms with Crippen LogP contribution in [0.15, 0.2) is 47.5 Å². The molecule has 1 heterocycles. The van der Waals surface area contributed by atoms with Crippen LogP contribution < -0.4 is 20.3 Å². The van der Waals surface area contributed by atoms with E-state index in [0.717, 1.165) is 0 Å². The Morgan fingerprint density at radius 2 is 1.69 bits per heavy atom. The van der Waals surface area contributed by atoms with Gasteiger partial charge < -0.3 is 19.5 Å². The second-order valence-electron chi connectivity index (χ2n) is 7.40. The van der Waals surface area contributed by atoms with Gasteiger partial charge in [-0.05, 0) is 18.1 Å². The Labute approximate surface area is 184 Å². The van der Waals surface area contributed by atoms with Gasteiger partial charge in [0.25, 0.3) is 5.56 Å². The van der Waals surface area contributed by atoms with Crippen LogP contribution in [0.3, 0.4) is 0 Å². The monoisotopic (exact) mass is 439 g/mol. The molecule has 0 aliphatic rings. The molecule has 2 aromatic carbocycles. The molecule has 1 amide bonds. The SMILES string of the molecule is COC(=O)c1cc(OC)c(OC)cc1NC(=O)C(C(C)C)n1cnc2ccccc2c1=O. The molecule has 0 bridgehead atoms. The molecule has 9 heteroatoms. The predicted octanol–water partition coefficient (Wildman–Crippen LogP) is 3.04. The highest BCUT2D eigenvalue weighted by atomic mass is 16.5. The molecular weight excluding hydrogens is 414 g/mol. The van der Waals surface area contributed by atoms with Crippen molar-refractivity contribution in [3.8, 4) is 11.5 Å². The highest BCUT2D eigenvalue weighted by Crippen LogP contribution is 2.34. The minimum Gasteiger partial charge on any atom is -0.493 e. The quantitative estimate of drug-likeness (QED) is 0.564. The number of ether oxygens (including phenoxy) is 3. The van der Waals surface area contributed by atoms with Crippen LogP contribution in [-0.2, 0) is 9.53 Å². The Morgan fingerprint density at radius 1 is 1.03 bits per heavy atom. The Kier molecular flexibility index (Phi) is 6.77. The summed E-state index contributed by atoms with van der Waals surface area (Å²) in [7, 11) is 4.12. The minimum absolute atomic E-state index is 0.0880. The van der Waals surface area contributed by atoms with Crippen molar-refractivity contribution in [2.24, 2.45) is 5.92 Å². The molecule has 0 fully saturated rings. The molecule has 0 spiro atoms. The predicted molar refractivity (Wildman–Crippen MR) is 119 cm³/mol. The van der Waals surface area contributed by atoms with Gasteiger partial charge in [0.15, 0.2) is 11.5 Å². The summed E-state index contributed by atoms with van der Waals surface area (Å²) in [5.41, 5.74) is 0.478. The molecule has 0 aliphatic carbocycles. The van der Waals surface area contributed by atoms with Crippen molar-refractivity contribution in [3.63, 3.8) is 0 Å². The Bertz CT molecular complexity index is 1220. The zero-order valence-corrected chi connectivity index (χ0v) is 18.5. The number of benzene rings is 2. The van der Waals surface area contributed by atoms with Crippen LogP contribution in [0.2, 0.25) is 0 Å². The van der Waals surface area contributed by atoms with Crippen molar-refractivity contribution in [2.45, 2.75) is 19.9 Å². The van der Waals surface area contributed by atoms with Crippen molar-refractivity contribution in [3.05, 3.63) is 58.6 Å². The summed E-state index contributed by atoms with van der Waals surface area (Å²) in [6, 6.07) is 8.95. The number of carbonyl (C=O) groups is 2. The number of fused-ring (bicyclic) bond motifs is 1. The fourth-order valence-corrected chi connectivity index (χ4v) is 3.50. The van der Waals surface area contributed by atoms with Gasteiger partial charge in [0.05, 0.1) is 49.8 Å². The number of aromatic nitrogens is 2. The van der Waals surface area contributed by atoms with Crippen molar-refractivity contribution < 1.29 is 23.8 Å². The Balaban J connectivity index is 2.07. The number of hydrogen-bond donors (Lipinski definition) is 1. The number of carbonyl (C=O) groups excluding carboxylic acids is 2. The van der Waals surface area contributed by atoms with E-state index in [9.17, 15) is 14.4 Å². The van der Waals surface area contributed by atoms with Crippen molar-refractivity contribution in [1.82, 2.24) is 9.55 Å². The summed E-state index contributed by atoms with van der Waals surface area (Å²) < 4.78 is 16.7. The van der Waals surface area contributed by atoms with Gasteiger partial charge in [0.1, 0.15) is 6.04 Å². The van der Waals surface area contributed by atoms with Gasteiger partial charge in [-0.3, -0.25) is 14.2 Å². The van der Waals surface area contributed by atoms with Crippen LogP contribution in [0.1, 0.15) is 30.2 Å². The lowest BCUT2D eigenvalue weighted by Gasteiger charge is -2.23. The molecule has 1 atom stereocenters. The molecule has 1 aromatic heterocycles. The molecule has 0 aliphatic heterocycles. The van der Waals surface area contributed by atoms with Crippen LogP contribution in [-0.4, -0.2) is 42.8 Å². The van der Waals surface area contributed by atoms with E-state index in [2.05, 4.69) is 10.3 Å². The number of para-hydroxylation sites is 1. The third-order valence-corrected chi connectivity index (χ3v) is 5.08. The summed E-state index contributed by atoms with van der Waals surface area (Å²) in [6.45, 7) is 3.64. The number of methoxy groups -OCH3 is 3. The summed E-state index contributed by atoms with van der Waals surface area (Å²) in [5, 5.41) is 3.16. The van der Waals surface area contributed by atoms with Crippen LogP contribution in [0.4, 0.5) is 5.69 Å². The van der Waals surface area contributed by atoms with Gasteiger partial charge in [-0.2, -0.15) is 0 Å². The topological polar surface area (TPSA) is 109 Å². The number of rotatable bonds is 7. The van der Waals surface area contributed by atoms with Crippen molar-refractivity contribution in [1.29, 1.82) is 0 Å². The summed E-state index contributed by atoms with van der Waals surface area (Å²) in [4.78, 5) is 43.0. The van der Waals surface area contributed by atoms with Crippen LogP contribution >= 0.6 is 0 Å². The molecule has 32 heavy (non-hydrogen) atoms. The average Bonchev–Trinajstić information content (AvgIpc) is 2.79. The molecule has 0 radical (unpaired) electrons. The van der Waals surface area contributed by atoms with Gasteiger partial charge >= 0.3 is 5.97 Å². The van der Waals surface area contributed by atoms with Crippen LogP contribution in [0.5, 0.6) is 11.5 Å². The minimum atomic E-state index is -0.877. The highest BCUT2D eigenvalue weighted by molar-refractivity contribution is 6.03. The zero-order chi connectivity index (χ0) is 23.4. The first-order valence-corrected chi connectivity index (χ1v) is 9.93. The maximum absolute atomic E-state index is 13.3. The third-order valence-electron chi connectivity index (χ3n) is 5.08. The molecular formula is C23H25N3O6. The molecule has 1 N–H and O–H groups in total. The zero-order valence-electron chi connectivity index (χ0n) is 18.5. The van der Waals surface area contributed by atoms with E-state index in [1.807, 2.05) is 13.8 Å². The standard InChI is InChI=1S/C23H25N3O6/c1-13(2)20(26-12-24-16-9-7-6-8-14(16)22(26)28)21(27)25-17-11-19(31-4)18(30-3)10-15(17)23(29)32-5/h6-13,20H,1-5H3,(H,25,27). The molecule has 0 saturated carbocycles. The van der Waals surface area contributed by atoms with E-state index >= 15 is 0 Å². The molecule has 168 valence electrons. The smallest absolute Gasteiger partial charge is 0.340 e. The van der Waals surface area contributed by atoms with E-state index in [4.69, 9.17) is 14.2 Å². The van der Waals surface area contributed by atoms with E-state index in [-0.39, 0.29) is 22.7 Å². The number of esters is 1. The maximum Gasteiger partial charge on any atom is 0.340 e. The van der Waals surface area contributed by atoms with E-state index in [1.165, 1.54) is 44.4 Å². The van der Waals surface area contributed by atoms with Crippen LogP contribution in [0.25, 0.3) is 10.9 Å². The summed E-state index contributed by atoms with van der Waals surface area (Å²) in [6.07, 6.45) is 1.37. The lowest BCUT2D eigenvalue weighted by Crippen LogP contribution is -2.36. The number of anilines is 1. The van der Waals surface area contributed by atoms with Crippen molar-refractivity contribution >= 4 is 28.5 Å². The summed E-state index contributed by atoms with van der Waals surface area (Å²) in [5.74, 6) is -0.775. The molecule has 3 rings (SSSR count). The van der Waals surface area contributed by atoms with Gasteiger partial charge in [-0.1, -0.05) is 26.0 Å². The number of amides is 1. The largest absolute Gasteiger partial charge is 0.493 e. The highest BCUT2D eigenvalue weighted by Gasteiger charge is 2.28. The fourth-order valence-electron chi connectivity index (χ4n) is 3.50. The first kappa shape index (κ1) is 22.8. The number of hydrogen-bond acceptors (Lipinski definition) is 7. The third kappa shape index (κ3) is 4.27. The normalized spacial score (nSPS) is 11.8. The molecule has 9 nitrogen and oxygen atoms in total. The molecule has 3 aromatic rings. The Morgan fingerprint density at radius 3 is 2.31 bits per heavy atom. The van der Waals surface area contributed by atoms with E-state index in [1.54, 1.807) is 24.3 Å². The van der Waals surface area contributed by atoms with Gasteiger partial charge in [0.2, 0.25) is 5.91 Å². The van der Waals surface area contributed by atoms with Gasteiger partial charge in [-0.15, -0.1) is 0 Å². The van der Waals surface area contributed by atoms with Crippen LogP contribution in [0, 0.1) is 5.92 Å². The van der Waals surface area contributed by atoms with Gasteiger partial charge in [0, 0.05) is 12.1 Å². The second kappa shape index (κ2) is 9.51. The number of nitrogens with zero attached hydrogens (tertiary/aromatic N) is 2. The number of nitrogens with one attached hydrogen (secondary N) is 1. The van der Waals surface area contributed by atoms with Crippen molar-refractivity contribution in [2.75, 3.05) is 26.6 Å². The summed E-state index contributed by atoms with van der Waals surface area (Å²) >= 11 is 0. The average molecular weight is 439 g/mol. The second-order valence-corrected chi connectivity index (χ2v) is 7.40. The van der Waals surface area contributed by atoms with Gasteiger partial charge in [-0.25, -0.2) is 9.78 Å². The lowest BCUT2D eigenvalue weighted by atomic mass is 10.0. The van der Waals surface area contributed by atoms with E-state index < -0.39 is 17.9 Å². The first-order valence-electron chi connectivity index (χ1n) is 9.93. The fraction of sp³-hybridized carbons (Fsp3) is 0.304. The first-order chi connectivity index (χ1) is 15.3. The lowest BCUT2D eigenvalue weighted by molar-refractivity contribution is -0.120.